The number of benzene rings is 2. The van der Waals surface area contributed by atoms with Crippen LogP contribution >= 0.6 is 0 Å². The summed E-state index contributed by atoms with van der Waals surface area (Å²) < 4.78 is 51.0. The number of aryl methyl sites for hydroxylation is 1. The van der Waals surface area contributed by atoms with Gasteiger partial charge in [-0.1, -0.05) is 29.8 Å². The second kappa shape index (κ2) is 9.38. The lowest BCUT2D eigenvalue weighted by Crippen LogP contribution is -2.35. The van der Waals surface area contributed by atoms with Gasteiger partial charge >= 0.3 is 0 Å². The van der Waals surface area contributed by atoms with Crippen LogP contribution in [0, 0.1) is 6.92 Å². The molecule has 0 spiro atoms. The normalized spacial score (nSPS) is 11.8. The molecule has 0 atom stereocenters. The number of hydrogen-bond donors (Lipinski definition) is 2. The van der Waals surface area contributed by atoms with Gasteiger partial charge in [-0.25, -0.2) is 21.6 Å². The number of anilines is 1. The highest BCUT2D eigenvalue weighted by atomic mass is 32.2. The topological polar surface area (TPSA) is 113 Å². The van der Waals surface area contributed by atoms with Gasteiger partial charge in [0.15, 0.2) is 0 Å². The lowest BCUT2D eigenvalue weighted by Gasteiger charge is -2.16. The molecular formula is C19H25N3O5S2. The predicted molar refractivity (Wildman–Crippen MR) is 113 cm³/mol. The van der Waals surface area contributed by atoms with Gasteiger partial charge in [0.1, 0.15) is 0 Å². The molecule has 0 fully saturated rings. The van der Waals surface area contributed by atoms with E-state index >= 15 is 0 Å². The summed E-state index contributed by atoms with van der Waals surface area (Å²) in [5.41, 5.74) is 2.18. The lowest BCUT2D eigenvalue weighted by molar-refractivity contribution is -0.120. The van der Waals surface area contributed by atoms with E-state index in [-0.39, 0.29) is 30.3 Å². The molecule has 0 aliphatic heterocycles. The fourth-order valence-corrected chi connectivity index (χ4v) is 3.99. The van der Waals surface area contributed by atoms with Crippen LogP contribution in [-0.2, 0) is 31.3 Å². The summed E-state index contributed by atoms with van der Waals surface area (Å²) in [6, 6.07) is 13.1. The maximum absolute atomic E-state index is 12.2. The van der Waals surface area contributed by atoms with Gasteiger partial charge in [0.05, 0.1) is 23.3 Å². The Labute approximate surface area is 172 Å². The van der Waals surface area contributed by atoms with Gasteiger partial charge in [-0.15, -0.1) is 0 Å². The Morgan fingerprint density at radius 1 is 0.931 bits per heavy atom. The first kappa shape index (κ1) is 22.9. The van der Waals surface area contributed by atoms with E-state index in [0.29, 0.717) is 11.3 Å². The van der Waals surface area contributed by atoms with Crippen LogP contribution in [0.5, 0.6) is 0 Å². The van der Waals surface area contributed by atoms with Crippen molar-refractivity contribution in [3.8, 4) is 0 Å². The minimum absolute atomic E-state index is 0.0695. The number of hydrogen-bond acceptors (Lipinski definition) is 5. The second-order valence-electron chi connectivity index (χ2n) is 6.63. The molecule has 0 saturated heterocycles. The number of nitrogens with zero attached hydrogens (tertiary/aromatic N) is 1. The van der Waals surface area contributed by atoms with Crippen molar-refractivity contribution in [1.82, 2.24) is 10.0 Å². The smallest absolute Gasteiger partial charge is 0.240 e. The van der Waals surface area contributed by atoms with E-state index in [2.05, 4.69) is 10.0 Å². The van der Waals surface area contributed by atoms with E-state index in [1.165, 1.54) is 19.2 Å². The lowest BCUT2D eigenvalue weighted by atomic mass is 10.1. The molecule has 8 nitrogen and oxygen atoms in total. The molecule has 0 heterocycles. The summed E-state index contributed by atoms with van der Waals surface area (Å²) in [5, 5.41) is 2.65. The third kappa shape index (κ3) is 6.84. The first-order valence-corrected chi connectivity index (χ1v) is 12.2. The van der Waals surface area contributed by atoms with Crippen molar-refractivity contribution in [1.29, 1.82) is 0 Å². The summed E-state index contributed by atoms with van der Waals surface area (Å²) >= 11 is 0. The summed E-state index contributed by atoms with van der Waals surface area (Å²) in [5.74, 6) is -0.260. The third-order valence-electron chi connectivity index (χ3n) is 4.23. The fourth-order valence-electron chi connectivity index (χ4n) is 2.45. The largest absolute Gasteiger partial charge is 0.355 e. The van der Waals surface area contributed by atoms with Crippen molar-refractivity contribution in [2.24, 2.45) is 0 Å². The molecule has 0 aliphatic carbocycles. The Morgan fingerprint density at radius 2 is 1.52 bits per heavy atom. The Balaban J connectivity index is 1.80. The Hall–Kier alpha value is -2.43. The highest BCUT2D eigenvalue weighted by Gasteiger charge is 2.14. The van der Waals surface area contributed by atoms with E-state index in [4.69, 9.17) is 0 Å². The van der Waals surface area contributed by atoms with E-state index < -0.39 is 20.0 Å². The maximum atomic E-state index is 12.2. The monoisotopic (exact) mass is 439 g/mol. The molecule has 0 saturated carbocycles. The Bertz CT molecular complexity index is 1050. The second-order valence-corrected chi connectivity index (χ2v) is 10.4. The number of amides is 1. The molecule has 0 bridgehead atoms. The summed E-state index contributed by atoms with van der Waals surface area (Å²) in [4.78, 5) is 12.2. The van der Waals surface area contributed by atoms with Gasteiger partial charge < -0.3 is 5.32 Å². The maximum Gasteiger partial charge on any atom is 0.240 e. The number of carbonyl (C=O) groups excluding carboxylic acids is 1. The van der Waals surface area contributed by atoms with Gasteiger partial charge in [-0.2, -0.15) is 0 Å². The molecule has 1 amide bonds. The molecule has 2 N–H and O–H groups in total. The van der Waals surface area contributed by atoms with Crippen LogP contribution in [0.2, 0.25) is 0 Å². The van der Waals surface area contributed by atoms with Crippen LogP contribution in [0.1, 0.15) is 11.1 Å². The van der Waals surface area contributed by atoms with Crippen LogP contribution in [0.3, 0.4) is 0 Å². The minimum Gasteiger partial charge on any atom is -0.355 e. The van der Waals surface area contributed by atoms with Crippen LogP contribution in [0.25, 0.3) is 0 Å². The fraction of sp³-hybridized carbons (Fsp3) is 0.316. The van der Waals surface area contributed by atoms with Crippen LogP contribution in [0.4, 0.5) is 5.69 Å². The third-order valence-corrected chi connectivity index (χ3v) is 6.92. The zero-order valence-corrected chi connectivity index (χ0v) is 18.2. The average molecular weight is 440 g/mol. The van der Waals surface area contributed by atoms with Gasteiger partial charge in [-0.3, -0.25) is 9.10 Å². The average Bonchev–Trinajstić information content (AvgIpc) is 2.65. The Morgan fingerprint density at radius 3 is 2.07 bits per heavy atom. The van der Waals surface area contributed by atoms with Gasteiger partial charge in [0.25, 0.3) is 0 Å². The molecule has 0 aromatic heterocycles. The minimum atomic E-state index is -3.61. The molecule has 10 heteroatoms. The van der Waals surface area contributed by atoms with Crippen LogP contribution in [0.15, 0.2) is 53.4 Å². The van der Waals surface area contributed by atoms with Crippen molar-refractivity contribution < 1.29 is 21.6 Å². The van der Waals surface area contributed by atoms with Gasteiger partial charge in [0.2, 0.25) is 26.0 Å². The molecule has 2 aromatic carbocycles. The predicted octanol–water partition coefficient (Wildman–Crippen LogP) is 1.03. The van der Waals surface area contributed by atoms with E-state index in [9.17, 15) is 21.6 Å². The first-order valence-electron chi connectivity index (χ1n) is 8.85. The van der Waals surface area contributed by atoms with Crippen LogP contribution < -0.4 is 14.3 Å². The van der Waals surface area contributed by atoms with Crippen molar-refractivity contribution in [3.05, 3.63) is 59.7 Å². The van der Waals surface area contributed by atoms with Gasteiger partial charge in [0, 0.05) is 20.1 Å². The van der Waals surface area contributed by atoms with E-state index in [1.807, 2.05) is 6.92 Å². The highest BCUT2D eigenvalue weighted by molar-refractivity contribution is 7.92. The first-order chi connectivity index (χ1) is 13.5. The SMILES string of the molecule is Cc1ccc(S(=O)(=O)NCCNC(=O)Cc2ccc(N(C)S(C)(=O)=O)cc2)cc1. The number of rotatable bonds is 9. The summed E-state index contributed by atoms with van der Waals surface area (Å²) in [7, 11) is -5.50. The van der Waals surface area contributed by atoms with E-state index in [1.54, 1.807) is 36.4 Å². The standard InChI is InChI=1S/C19H25N3O5S2/c1-15-4-10-18(11-5-15)29(26,27)21-13-12-20-19(23)14-16-6-8-17(9-7-16)22(2)28(3,24)25/h4-11,21H,12-14H2,1-3H3,(H,20,23). The zero-order chi connectivity index (χ0) is 21.7. The number of carbonyl (C=O) groups is 1. The molecule has 0 unspecified atom stereocenters. The molecular weight excluding hydrogens is 414 g/mol. The molecule has 29 heavy (non-hydrogen) atoms. The summed E-state index contributed by atoms with van der Waals surface area (Å²) in [6.07, 6.45) is 1.22. The molecule has 158 valence electrons. The highest BCUT2D eigenvalue weighted by Crippen LogP contribution is 2.16. The van der Waals surface area contributed by atoms with Crippen molar-refractivity contribution in [2.75, 3.05) is 30.7 Å². The molecule has 0 radical (unpaired) electrons. The van der Waals surface area contributed by atoms with Crippen LogP contribution in [-0.4, -0.2) is 49.1 Å². The Kier molecular flexibility index (Phi) is 7.39. The summed E-state index contributed by atoms with van der Waals surface area (Å²) in [6.45, 7) is 2.09. The molecule has 0 aliphatic rings. The van der Waals surface area contributed by atoms with Gasteiger partial charge in [-0.05, 0) is 36.8 Å². The zero-order valence-electron chi connectivity index (χ0n) is 16.5. The van der Waals surface area contributed by atoms with Crippen molar-refractivity contribution >= 4 is 31.6 Å². The molecule has 2 rings (SSSR count). The quantitative estimate of drug-likeness (QED) is 0.567. The van der Waals surface area contributed by atoms with Crippen molar-refractivity contribution in [3.63, 3.8) is 0 Å². The molecule has 2 aromatic rings. The van der Waals surface area contributed by atoms with Crippen molar-refractivity contribution in [2.45, 2.75) is 18.2 Å². The van der Waals surface area contributed by atoms with E-state index in [0.717, 1.165) is 16.1 Å². The number of nitrogens with one attached hydrogen (secondary N) is 2. The number of sulfonamides is 2.